The summed E-state index contributed by atoms with van der Waals surface area (Å²) in [6.45, 7) is 1.73. The number of hydrogen-bond donors (Lipinski definition) is 1. The molecule has 0 saturated carbocycles. The lowest BCUT2D eigenvalue weighted by molar-refractivity contribution is -0.112. The standard InChI is InChI=1S/C23H19ClN4O2/c1-16-21(23(30)28(27(16)2)19-12-4-3-5-13-19)26-22(29)18(15-25)11-8-10-17-9-6-7-14-20(17)24/h3-14H,1-2H3,(H,26,29)/b10-8+,18-11+. The van der Waals surface area contributed by atoms with Gasteiger partial charge in [-0.2, -0.15) is 5.26 Å². The number of carbonyl (C=O) groups is 1. The van der Waals surface area contributed by atoms with E-state index >= 15 is 0 Å². The van der Waals surface area contributed by atoms with Gasteiger partial charge in [0.2, 0.25) is 0 Å². The summed E-state index contributed by atoms with van der Waals surface area (Å²) < 4.78 is 3.11. The molecule has 0 unspecified atom stereocenters. The summed E-state index contributed by atoms with van der Waals surface area (Å²) in [5.41, 5.74) is 1.62. The molecule has 0 saturated heterocycles. The SMILES string of the molecule is Cc1c(NC(=O)/C(C#N)=C/C=C/c2ccccc2Cl)c(=O)n(-c2ccccc2)n1C. The van der Waals surface area contributed by atoms with Crippen molar-refractivity contribution < 1.29 is 4.79 Å². The van der Waals surface area contributed by atoms with Crippen molar-refractivity contribution in [2.45, 2.75) is 6.92 Å². The first-order chi connectivity index (χ1) is 14.4. The highest BCUT2D eigenvalue weighted by Crippen LogP contribution is 2.17. The van der Waals surface area contributed by atoms with Crippen molar-refractivity contribution in [2.24, 2.45) is 7.05 Å². The second-order valence-corrected chi connectivity index (χ2v) is 6.87. The highest BCUT2D eigenvalue weighted by molar-refractivity contribution is 6.32. The van der Waals surface area contributed by atoms with Crippen LogP contribution in [0.15, 0.2) is 77.1 Å². The van der Waals surface area contributed by atoms with Gasteiger partial charge >= 0.3 is 0 Å². The number of aromatic nitrogens is 2. The average Bonchev–Trinajstić information content (AvgIpc) is 2.96. The minimum atomic E-state index is -0.660. The summed E-state index contributed by atoms with van der Waals surface area (Å²) in [6, 6.07) is 18.2. The van der Waals surface area contributed by atoms with Crippen LogP contribution in [0.4, 0.5) is 5.69 Å². The molecule has 2 aromatic carbocycles. The van der Waals surface area contributed by atoms with E-state index in [-0.39, 0.29) is 16.8 Å². The zero-order valence-corrected chi connectivity index (χ0v) is 17.2. The van der Waals surface area contributed by atoms with Gasteiger partial charge in [0.25, 0.3) is 11.5 Å². The van der Waals surface area contributed by atoms with Crippen LogP contribution in [-0.4, -0.2) is 15.3 Å². The van der Waals surface area contributed by atoms with Crippen LogP contribution < -0.4 is 10.9 Å². The summed E-state index contributed by atoms with van der Waals surface area (Å²) in [5.74, 6) is -0.660. The lowest BCUT2D eigenvalue weighted by atomic mass is 10.2. The highest BCUT2D eigenvalue weighted by atomic mass is 35.5. The number of hydrogen-bond acceptors (Lipinski definition) is 3. The Kier molecular flexibility index (Phi) is 6.35. The summed E-state index contributed by atoms with van der Waals surface area (Å²) >= 11 is 6.09. The van der Waals surface area contributed by atoms with Gasteiger partial charge in [-0.1, -0.05) is 60.2 Å². The van der Waals surface area contributed by atoms with Gasteiger partial charge in [-0.05, 0) is 36.8 Å². The molecule has 0 bridgehead atoms. The highest BCUT2D eigenvalue weighted by Gasteiger charge is 2.19. The Labute approximate surface area is 178 Å². The predicted octanol–water partition coefficient (Wildman–Crippen LogP) is 4.24. The van der Waals surface area contributed by atoms with Crippen molar-refractivity contribution in [3.63, 3.8) is 0 Å². The fraction of sp³-hybridized carbons (Fsp3) is 0.0870. The summed E-state index contributed by atoms with van der Waals surface area (Å²) in [5, 5.41) is 12.5. The maximum Gasteiger partial charge on any atom is 0.295 e. The second-order valence-electron chi connectivity index (χ2n) is 6.46. The van der Waals surface area contributed by atoms with Gasteiger partial charge in [-0.3, -0.25) is 14.3 Å². The normalized spacial score (nSPS) is 11.5. The molecule has 0 fully saturated rings. The number of carbonyl (C=O) groups excluding carboxylic acids is 1. The number of nitrogens with zero attached hydrogens (tertiary/aromatic N) is 3. The molecule has 1 amide bonds. The second kappa shape index (κ2) is 9.12. The predicted molar refractivity (Wildman–Crippen MR) is 119 cm³/mol. The number of halogens is 1. The van der Waals surface area contributed by atoms with Crippen LogP contribution in [0.1, 0.15) is 11.3 Å². The molecule has 3 aromatic rings. The first-order valence-corrected chi connectivity index (χ1v) is 9.50. The Morgan fingerprint density at radius 3 is 2.47 bits per heavy atom. The Balaban J connectivity index is 1.87. The van der Waals surface area contributed by atoms with Gasteiger partial charge < -0.3 is 5.32 Å². The molecular formula is C23H19ClN4O2. The van der Waals surface area contributed by atoms with E-state index in [4.69, 9.17) is 11.6 Å². The molecule has 1 aromatic heterocycles. The van der Waals surface area contributed by atoms with Crippen molar-refractivity contribution >= 4 is 29.3 Å². The number of benzene rings is 2. The topological polar surface area (TPSA) is 79.8 Å². The third-order valence-corrected chi connectivity index (χ3v) is 4.95. The molecule has 0 atom stereocenters. The van der Waals surface area contributed by atoms with E-state index in [2.05, 4.69) is 5.32 Å². The first kappa shape index (κ1) is 20.9. The number of amides is 1. The van der Waals surface area contributed by atoms with E-state index in [0.29, 0.717) is 16.4 Å². The quantitative estimate of drug-likeness (QED) is 0.382. The zero-order chi connectivity index (χ0) is 21.7. The van der Waals surface area contributed by atoms with E-state index in [0.717, 1.165) is 5.56 Å². The van der Waals surface area contributed by atoms with Gasteiger partial charge in [0.05, 0.1) is 11.4 Å². The molecule has 6 nitrogen and oxygen atoms in total. The molecule has 7 heteroatoms. The Morgan fingerprint density at radius 2 is 1.80 bits per heavy atom. The fourth-order valence-corrected chi connectivity index (χ4v) is 3.11. The number of nitrogens with one attached hydrogen (secondary N) is 1. The third kappa shape index (κ3) is 4.27. The minimum Gasteiger partial charge on any atom is -0.315 e. The maximum absolute atomic E-state index is 12.9. The minimum absolute atomic E-state index is 0.127. The zero-order valence-electron chi connectivity index (χ0n) is 16.5. The summed E-state index contributed by atoms with van der Waals surface area (Å²) in [4.78, 5) is 25.5. The molecule has 1 heterocycles. The Morgan fingerprint density at radius 1 is 1.13 bits per heavy atom. The molecule has 1 N–H and O–H groups in total. The van der Waals surface area contributed by atoms with Gasteiger partial charge in [0, 0.05) is 12.1 Å². The van der Waals surface area contributed by atoms with Crippen LogP contribution in [0.5, 0.6) is 0 Å². The lowest BCUT2D eigenvalue weighted by Crippen LogP contribution is -2.23. The number of allylic oxidation sites excluding steroid dienone is 2. The van der Waals surface area contributed by atoms with Gasteiger partial charge in [0.1, 0.15) is 17.3 Å². The van der Waals surface area contributed by atoms with Crippen LogP contribution in [0.2, 0.25) is 5.02 Å². The summed E-state index contributed by atoms with van der Waals surface area (Å²) in [6.07, 6.45) is 4.65. The van der Waals surface area contributed by atoms with E-state index < -0.39 is 5.91 Å². The molecule has 0 aliphatic heterocycles. The average molecular weight is 419 g/mol. The Hall–Kier alpha value is -3.82. The van der Waals surface area contributed by atoms with Gasteiger partial charge in [-0.25, -0.2) is 4.68 Å². The molecule has 150 valence electrons. The summed E-state index contributed by atoms with van der Waals surface area (Å²) in [7, 11) is 1.73. The number of para-hydroxylation sites is 1. The van der Waals surface area contributed by atoms with E-state index in [1.807, 2.05) is 42.5 Å². The number of anilines is 1. The lowest BCUT2D eigenvalue weighted by Gasteiger charge is -2.07. The molecule has 3 rings (SSSR count). The van der Waals surface area contributed by atoms with Crippen LogP contribution >= 0.6 is 11.6 Å². The molecule has 0 radical (unpaired) electrons. The smallest absolute Gasteiger partial charge is 0.295 e. The van der Waals surface area contributed by atoms with Crippen LogP contribution in [0.3, 0.4) is 0 Å². The first-order valence-electron chi connectivity index (χ1n) is 9.12. The van der Waals surface area contributed by atoms with E-state index in [9.17, 15) is 14.9 Å². The molecule has 0 aliphatic rings. The van der Waals surface area contributed by atoms with Crippen molar-refractivity contribution in [2.75, 3.05) is 5.32 Å². The van der Waals surface area contributed by atoms with Crippen LogP contribution in [0, 0.1) is 18.3 Å². The van der Waals surface area contributed by atoms with Crippen molar-refractivity contribution in [1.29, 1.82) is 5.26 Å². The molecular weight excluding hydrogens is 400 g/mol. The van der Waals surface area contributed by atoms with Crippen molar-refractivity contribution in [1.82, 2.24) is 9.36 Å². The third-order valence-electron chi connectivity index (χ3n) is 4.60. The largest absolute Gasteiger partial charge is 0.315 e. The Bertz CT molecular complexity index is 1240. The monoisotopic (exact) mass is 418 g/mol. The fourth-order valence-electron chi connectivity index (χ4n) is 2.92. The van der Waals surface area contributed by atoms with E-state index in [1.165, 1.54) is 10.8 Å². The van der Waals surface area contributed by atoms with Crippen molar-refractivity contribution in [3.8, 4) is 11.8 Å². The molecule has 0 aliphatic carbocycles. The maximum atomic E-state index is 12.9. The van der Waals surface area contributed by atoms with E-state index in [1.54, 1.807) is 49.0 Å². The van der Waals surface area contributed by atoms with Gasteiger partial charge in [0.15, 0.2) is 0 Å². The van der Waals surface area contributed by atoms with Crippen LogP contribution in [0.25, 0.3) is 11.8 Å². The molecule has 0 spiro atoms. The number of rotatable bonds is 5. The van der Waals surface area contributed by atoms with Crippen molar-refractivity contribution in [3.05, 3.63) is 99.0 Å². The van der Waals surface area contributed by atoms with Gasteiger partial charge in [-0.15, -0.1) is 0 Å². The molecule has 30 heavy (non-hydrogen) atoms. The van der Waals surface area contributed by atoms with Crippen LogP contribution in [-0.2, 0) is 11.8 Å². The number of nitriles is 1.